The van der Waals surface area contributed by atoms with E-state index in [4.69, 9.17) is 4.74 Å². The molecule has 1 aliphatic heterocycles. The van der Waals surface area contributed by atoms with E-state index in [0.717, 1.165) is 11.3 Å². The van der Waals surface area contributed by atoms with Crippen LogP contribution in [0.15, 0.2) is 59.7 Å². The van der Waals surface area contributed by atoms with Crippen LogP contribution in [0.2, 0.25) is 0 Å². The first-order valence-corrected chi connectivity index (χ1v) is 12.5. The monoisotopic (exact) mass is 516 g/mol. The summed E-state index contributed by atoms with van der Waals surface area (Å²) in [5.74, 6) is -0.350. The molecule has 9 nitrogen and oxygen atoms in total. The zero-order chi connectivity index (χ0) is 26.4. The van der Waals surface area contributed by atoms with Crippen molar-refractivity contribution in [2.24, 2.45) is 0 Å². The third kappa shape index (κ3) is 4.19. The topological polar surface area (TPSA) is 111 Å². The van der Waals surface area contributed by atoms with Crippen molar-refractivity contribution >= 4 is 50.5 Å². The van der Waals surface area contributed by atoms with E-state index in [1.54, 1.807) is 58.2 Å². The van der Waals surface area contributed by atoms with Crippen LogP contribution in [0.25, 0.3) is 10.2 Å². The number of nitrogens with zero attached hydrogens (tertiary/aromatic N) is 3. The molecular weight excluding hydrogens is 492 g/mol. The van der Waals surface area contributed by atoms with Crippen molar-refractivity contribution in [2.45, 2.75) is 32.9 Å². The molecule has 188 valence electrons. The number of fused-ring (bicyclic) bond motifs is 2. The molecule has 2 aromatic heterocycles. The Kier molecular flexibility index (Phi) is 6.12. The number of hydrogen-bond donors (Lipinski definition) is 1. The van der Waals surface area contributed by atoms with Gasteiger partial charge in [0.15, 0.2) is 11.9 Å². The van der Waals surface area contributed by atoms with Gasteiger partial charge in [-0.25, -0.2) is 4.98 Å². The number of Topliss-reactive ketones (excluding diaryl/α,β-unsaturated/α-hetero) is 1. The molecule has 0 spiro atoms. The third-order valence-corrected chi connectivity index (χ3v) is 7.70. The lowest BCUT2D eigenvalue weighted by Gasteiger charge is -2.30. The minimum absolute atomic E-state index is 0.212. The number of carbonyl (C=O) groups is 3. The number of ether oxygens (including phenoxy) is 1. The zero-order valence-electron chi connectivity index (χ0n) is 20.6. The summed E-state index contributed by atoms with van der Waals surface area (Å²) in [6.07, 6.45) is 0.726. The maximum absolute atomic E-state index is 13.5. The molecule has 3 heterocycles. The number of nitrogens with one attached hydrogen (secondary N) is 1. The van der Waals surface area contributed by atoms with Gasteiger partial charge in [0.05, 0.1) is 28.3 Å². The van der Waals surface area contributed by atoms with Gasteiger partial charge in [-0.3, -0.25) is 23.7 Å². The second-order valence-corrected chi connectivity index (χ2v) is 9.89. The molecule has 0 aliphatic carbocycles. The Labute approximate surface area is 216 Å². The summed E-state index contributed by atoms with van der Waals surface area (Å²) in [7, 11) is 1.63. The molecule has 0 saturated carbocycles. The van der Waals surface area contributed by atoms with Crippen molar-refractivity contribution in [3.63, 3.8) is 0 Å². The fourth-order valence-electron chi connectivity index (χ4n) is 4.37. The highest BCUT2D eigenvalue weighted by Crippen LogP contribution is 2.35. The molecule has 0 radical (unpaired) electrons. The Morgan fingerprint density at radius 3 is 2.59 bits per heavy atom. The Balaban J connectivity index is 1.47. The predicted octanol–water partition coefficient (Wildman–Crippen LogP) is 4.21. The summed E-state index contributed by atoms with van der Waals surface area (Å²) in [5, 5.41) is 3.14. The number of anilines is 2. The number of benzene rings is 2. The van der Waals surface area contributed by atoms with Crippen molar-refractivity contribution < 1.29 is 19.1 Å². The number of aryl methyl sites for hydroxylation is 1. The van der Waals surface area contributed by atoms with E-state index < -0.39 is 17.7 Å². The van der Waals surface area contributed by atoms with Crippen molar-refractivity contribution in [1.82, 2.24) is 9.55 Å². The number of aromatic nitrogens is 2. The molecule has 37 heavy (non-hydrogen) atoms. The van der Waals surface area contributed by atoms with Gasteiger partial charge in [-0.15, -0.1) is 11.3 Å². The first-order valence-electron chi connectivity index (χ1n) is 11.7. The fraction of sp³-hybridized carbons (Fsp3) is 0.222. The van der Waals surface area contributed by atoms with Crippen LogP contribution in [0.3, 0.4) is 0 Å². The Bertz CT molecular complexity index is 1630. The van der Waals surface area contributed by atoms with E-state index >= 15 is 0 Å². The van der Waals surface area contributed by atoms with Gasteiger partial charge in [-0.1, -0.05) is 18.2 Å². The van der Waals surface area contributed by atoms with E-state index in [1.165, 1.54) is 15.8 Å². The van der Waals surface area contributed by atoms with Crippen LogP contribution in [-0.4, -0.2) is 40.3 Å². The molecule has 4 aromatic rings. The van der Waals surface area contributed by atoms with Crippen LogP contribution >= 0.6 is 11.3 Å². The second-order valence-electron chi connectivity index (χ2n) is 8.89. The highest BCUT2D eigenvalue weighted by atomic mass is 32.1. The Morgan fingerprint density at radius 2 is 1.86 bits per heavy atom. The van der Waals surface area contributed by atoms with Crippen molar-refractivity contribution in [2.75, 3.05) is 17.3 Å². The summed E-state index contributed by atoms with van der Waals surface area (Å²) in [6.45, 7) is 4.99. The first-order chi connectivity index (χ1) is 17.7. The molecule has 1 N–H and O–H groups in total. The number of para-hydroxylation sites is 1. The number of hydrogen-bond acceptors (Lipinski definition) is 7. The Morgan fingerprint density at radius 1 is 1.14 bits per heavy atom. The van der Waals surface area contributed by atoms with Crippen LogP contribution in [0, 0.1) is 6.92 Å². The SMILES string of the molecule is Cc1c(C(=O)Nc2ccccc2)sc2ncn(C(C)C(=O)c3ccc4c(c3)N(C)C(=O)C(C)O4)c(=O)c12. The first kappa shape index (κ1) is 24.4. The maximum atomic E-state index is 13.5. The van der Waals surface area contributed by atoms with Crippen LogP contribution in [0.1, 0.15) is 45.5 Å². The van der Waals surface area contributed by atoms with Gasteiger partial charge in [0, 0.05) is 18.3 Å². The molecule has 2 amide bonds. The number of carbonyl (C=O) groups excluding carboxylic acids is 3. The quantitative estimate of drug-likeness (QED) is 0.398. The number of likely N-dealkylation sites (N-methyl/N-ethyl adjacent to an activating group) is 1. The molecule has 2 aromatic carbocycles. The van der Waals surface area contributed by atoms with Gasteiger partial charge < -0.3 is 15.0 Å². The minimum atomic E-state index is -0.868. The smallest absolute Gasteiger partial charge is 0.267 e. The zero-order valence-corrected chi connectivity index (χ0v) is 21.5. The summed E-state index contributed by atoms with van der Waals surface area (Å²) in [5.41, 5.74) is 1.58. The molecule has 1 aliphatic rings. The molecule has 10 heteroatoms. The predicted molar refractivity (Wildman–Crippen MR) is 142 cm³/mol. The summed E-state index contributed by atoms with van der Waals surface area (Å²) >= 11 is 1.13. The number of rotatable bonds is 5. The lowest BCUT2D eigenvalue weighted by Crippen LogP contribution is -2.42. The molecule has 0 fully saturated rings. The molecular formula is C27H24N4O5S. The molecule has 5 rings (SSSR count). The van der Waals surface area contributed by atoms with Gasteiger partial charge in [-0.05, 0) is 56.7 Å². The molecule has 2 unspecified atom stereocenters. The van der Waals surface area contributed by atoms with Crippen LogP contribution in [0.4, 0.5) is 11.4 Å². The molecule has 0 saturated heterocycles. The average molecular weight is 517 g/mol. The highest BCUT2D eigenvalue weighted by molar-refractivity contribution is 7.20. The van der Waals surface area contributed by atoms with Crippen LogP contribution in [0.5, 0.6) is 5.75 Å². The number of amides is 2. The van der Waals surface area contributed by atoms with Gasteiger partial charge >= 0.3 is 0 Å². The molecule has 0 bridgehead atoms. The summed E-state index contributed by atoms with van der Waals surface area (Å²) < 4.78 is 6.91. The lowest BCUT2D eigenvalue weighted by molar-refractivity contribution is -0.125. The standard InChI is InChI=1S/C27H24N4O5S/c1-14-21-25(37-23(14)24(33)29-18-8-6-5-7-9-18)28-13-31(27(21)35)15(2)22(32)17-10-11-20-19(12-17)30(4)26(34)16(3)36-20/h5-13,15-16H,1-4H3,(H,29,33). The van der Waals surface area contributed by atoms with E-state index in [1.807, 2.05) is 18.2 Å². The van der Waals surface area contributed by atoms with E-state index in [9.17, 15) is 19.2 Å². The third-order valence-electron chi connectivity index (χ3n) is 6.50. The second kappa shape index (κ2) is 9.29. The number of thiophene rings is 1. The lowest BCUT2D eigenvalue weighted by atomic mass is 10.0. The van der Waals surface area contributed by atoms with E-state index in [-0.39, 0.29) is 17.6 Å². The van der Waals surface area contributed by atoms with E-state index in [0.29, 0.717) is 43.3 Å². The van der Waals surface area contributed by atoms with Gasteiger partial charge in [0.2, 0.25) is 0 Å². The fourth-order valence-corrected chi connectivity index (χ4v) is 5.41. The van der Waals surface area contributed by atoms with Gasteiger partial charge in [0.1, 0.15) is 10.6 Å². The maximum Gasteiger partial charge on any atom is 0.267 e. The summed E-state index contributed by atoms with van der Waals surface area (Å²) in [6, 6.07) is 13.0. The van der Waals surface area contributed by atoms with Crippen LogP contribution < -0.4 is 20.5 Å². The number of ketones is 1. The molecule has 2 atom stereocenters. The van der Waals surface area contributed by atoms with Gasteiger partial charge in [0.25, 0.3) is 17.4 Å². The van der Waals surface area contributed by atoms with E-state index in [2.05, 4.69) is 10.3 Å². The van der Waals surface area contributed by atoms with Crippen molar-refractivity contribution in [3.05, 3.63) is 81.2 Å². The highest BCUT2D eigenvalue weighted by Gasteiger charge is 2.30. The minimum Gasteiger partial charge on any atom is -0.479 e. The normalized spacial score (nSPS) is 15.7. The Hall–Kier alpha value is -4.31. The van der Waals surface area contributed by atoms with Crippen LogP contribution in [-0.2, 0) is 4.79 Å². The van der Waals surface area contributed by atoms with Crippen molar-refractivity contribution in [3.8, 4) is 5.75 Å². The largest absolute Gasteiger partial charge is 0.479 e. The average Bonchev–Trinajstić information content (AvgIpc) is 3.24. The van der Waals surface area contributed by atoms with Crippen molar-refractivity contribution in [1.29, 1.82) is 0 Å². The summed E-state index contributed by atoms with van der Waals surface area (Å²) in [4.78, 5) is 58.7. The van der Waals surface area contributed by atoms with Gasteiger partial charge in [-0.2, -0.15) is 0 Å².